The molecule has 0 saturated carbocycles. The predicted octanol–water partition coefficient (Wildman–Crippen LogP) is 0.713. The highest BCUT2D eigenvalue weighted by Gasteiger charge is 2.22. The molecular weight excluding hydrogens is 276 g/mol. The number of nitrogens with two attached hydrogens (primary N) is 1. The third-order valence-corrected chi connectivity index (χ3v) is 3.09. The van der Waals surface area contributed by atoms with E-state index in [2.05, 4.69) is 10.1 Å². The quantitative estimate of drug-likeness (QED) is 0.525. The molecule has 0 saturated heterocycles. The van der Waals surface area contributed by atoms with Crippen molar-refractivity contribution in [3.63, 3.8) is 0 Å². The number of carboxylic acids is 1. The molecule has 1 aromatic rings. The van der Waals surface area contributed by atoms with E-state index in [1.807, 2.05) is 0 Å². The van der Waals surface area contributed by atoms with Gasteiger partial charge in [-0.25, -0.2) is 4.79 Å². The number of hydrogen-bond acceptors (Lipinski definition) is 5. The zero-order valence-electron chi connectivity index (χ0n) is 11.9. The number of amides is 1. The van der Waals surface area contributed by atoms with E-state index in [-0.39, 0.29) is 12.8 Å². The van der Waals surface area contributed by atoms with Crippen LogP contribution in [0.5, 0.6) is 0 Å². The third-order valence-electron chi connectivity index (χ3n) is 3.09. The molecule has 0 aliphatic rings. The van der Waals surface area contributed by atoms with E-state index in [1.54, 1.807) is 25.1 Å². The summed E-state index contributed by atoms with van der Waals surface area (Å²) in [5.74, 6) is -2.29. The summed E-state index contributed by atoms with van der Waals surface area (Å²) in [7, 11) is 1.22. The summed E-state index contributed by atoms with van der Waals surface area (Å²) < 4.78 is 4.44. The summed E-state index contributed by atoms with van der Waals surface area (Å²) in [4.78, 5) is 34.3. The lowest BCUT2D eigenvalue weighted by Gasteiger charge is -2.15. The van der Waals surface area contributed by atoms with Crippen molar-refractivity contribution < 1.29 is 24.2 Å². The highest BCUT2D eigenvalue weighted by molar-refractivity contribution is 5.98. The van der Waals surface area contributed by atoms with Gasteiger partial charge in [-0.15, -0.1) is 0 Å². The first-order valence-corrected chi connectivity index (χ1v) is 6.32. The number of hydrogen-bond donors (Lipinski definition) is 3. The number of esters is 1. The van der Waals surface area contributed by atoms with E-state index in [1.165, 1.54) is 7.11 Å². The number of carboxylic acid groups (broad SMARTS) is 1. The molecule has 0 fully saturated rings. The molecule has 0 aliphatic carbocycles. The summed E-state index contributed by atoms with van der Waals surface area (Å²) in [5, 5.41) is 11.5. The van der Waals surface area contributed by atoms with Gasteiger partial charge < -0.3 is 20.9 Å². The number of carbonyl (C=O) groups is 3. The second kappa shape index (κ2) is 7.28. The summed E-state index contributed by atoms with van der Waals surface area (Å²) in [6.07, 6.45) is -0.140. The SMILES string of the molecule is COC(=O)CC[C@H](NC(=O)c1cccc(N)c1C)C(=O)O. The number of methoxy groups -OCH3 is 1. The summed E-state index contributed by atoms with van der Waals surface area (Å²) in [5.41, 5.74) is 7.04. The van der Waals surface area contributed by atoms with Crippen LogP contribution in [0.3, 0.4) is 0 Å². The fourth-order valence-electron chi connectivity index (χ4n) is 1.76. The van der Waals surface area contributed by atoms with E-state index in [4.69, 9.17) is 10.8 Å². The van der Waals surface area contributed by atoms with Crippen molar-refractivity contribution in [2.45, 2.75) is 25.8 Å². The van der Waals surface area contributed by atoms with Crippen LogP contribution < -0.4 is 11.1 Å². The Balaban J connectivity index is 2.79. The minimum absolute atomic E-state index is 0.0465. The maximum atomic E-state index is 12.1. The molecule has 4 N–H and O–H groups in total. The van der Waals surface area contributed by atoms with Gasteiger partial charge in [0, 0.05) is 17.7 Å². The number of nitrogen functional groups attached to an aromatic ring is 1. The van der Waals surface area contributed by atoms with Crippen molar-refractivity contribution in [1.82, 2.24) is 5.32 Å². The Kier molecular flexibility index (Phi) is 5.71. The molecule has 0 heterocycles. The van der Waals surface area contributed by atoms with Gasteiger partial charge in [-0.05, 0) is 31.0 Å². The average Bonchev–Trinajstić information content (AvgIpc) is 2.45. The largest absolute Gasteiger partial charge is 0.480 e. The number of anilines is 1. The van der Waals surface area contributed by atoms with Gasteiger partial charge in [-0.2, -0.15) is 0 Å². The molecule has 7 heteroatoms. The smallest absolute Gasteiger partial charge is 0.326 e. The van der Waals surface area contributed by atoms with E-state index in [0.29, 0.717) is 16.8 Å². The second-order valence-electron chi connectivity index (χ2n) is 4.50. The minimum atomic E-state index is -1.21. The van der Waals surface area contributed by atoms with Crippen LogP contribution in [0.25, 0.3) is 0 Å². The Hall–Kier alpha value is -2.57. The maximum Gasteiger partial charge on any atom is 0.326 e. The van der Waals surface area contributed by atoms with Crippen molar-refractivity contribution in [3.05, 3.63) is 29.3 Å². The normalized spacial score (nSPS) is 11.5. The first-order chi connectivity index (χ1) is 9.86. The van der Waals surface area contributed by atoms with E-state index in [0.717, 1.165) is 0 Å². The number of ether oxygens (including phenoxy) is 1. The molecule has 0 radical (unpaired) electrons. The lowest BCUT2D eigenvalue weighted by atomic mass is 10.1. The van der Waals surface area contributed by atoms with Crippen LogP contribution in [0.2, 0.25) is 0 Å². The van der Waals surface area contributed by atoms with Crippen LogP contribution in [0.1, 0.15) is 28.8 Å². The van der Waals surface area contributed by atoms with Crippen LogP contribution in [-0.2, 0) is 14.3 Å². The molecular formula is C14H18N2O5. The van der Waals surface area contributed by atoms with Gasteiger partial charge in [0.05, 0.1) is 7.11 Å². The maximum absolute atomic E-state index is 12.1. The van der Waals surface area contributed by atoms with Crippen molar-refractivity contribution in [2.24, 2.45) is 0 Å². The highest BCUT2D eigenvalue weighted by atomic mass is 16.5. The Bertz CT molecular complexity index is 556. The number of nitrogens with one attached hydrogen (secondary N) is 1. The number of rotatable bonds is 6. The Labute approximate surface area is 122 Å². The van der Waals surface area contributed by atoms with Gasteiger partial charge in [0.2, 0.25) is 0 Å². The van der Waals surface area contributed by atoms with Gasteiger partial charge >= 0.3 is 11.9 Å². The van der Waals surface area contributed by atoms with Gasteiger partial charge in [0.25, 0.3) is 5.91 Å². The Morgan fingerprint density at radius 3 is 2.62 bits per heavy atom. The Morgan fingerprint density at radius 1 is 1.38 bits per heavy atom. The van der Waals surface area contributed by atoms with Crippen LogP contribution >= 0.6 is 0 Å². The third kappa shape index (κ3) is 4.48. The van der Waals surface area contributed by atoms with Crippen LogP contribution in [0, 0.1) is 6.92 Å². The first-order valence-electron chi connectivity index (χ1n) is 6.32. The molecule has 0 spiro atoms. The lowest BCUT2D eigenvalue weighted by Crippen LogP contribution is -2.41. The Morgan fingerprint density at radius 2 is 2.05 bits per heavy atom. The van der Waals surface area contributed by atoms with Gasteiger partial charge in [0.1, 0.15) is 6.04 Å². The monoisotopic (exact) mass is 294 g/mol. The average molecular weight is 294 g/mol. The van der Waals surface area contributed by atoms with Gasteiger partial charge in [-0.3, -0.25) is 9.59 Å². The van der Waals surface area contributed by atoms with Gasteiger partial charge in [-0.1, -0.05) is 6.07 Å². The van der Waals surface area contributed by atoms with Crippen molar-refractivity contribution >= 4 is 23.5 Å². The molecule has 1 amide bonds. The van der Waals surface area contributed by atoms with Gasteiger partial charge in [0.15, 0.2) is 0 Å². The zero-order chi connectivity index (χ0) is 16.0. The van der Waals surface area contributed by atoms with Crippen molar-refractivity contribution in [3.8, 4) is 0 Å². The lowest BCUT2D eigenvalue weighted by molar-refractivity contribution is -0.142. The second-order valence-corrected chi connectivity index (χ2v) is 4.50. The molecule has 0 bridgehead atoms. The number of aliphatic carboxylic acids is 1. The molecule has 1 aromatic carbocycles. The minimum Gasteiger partial charge on any atom is -0.480 e. The molecule has 7 nitrogen and oxygen atoms in total. The molecule has 1 atom stereocenters. The van der Waals surface area contributed by atoms with Crippen LogP contribution in [0.4, 0.5) is 5.69 Å². The van der Waals surface area contributed by atoms with Crippen LogP contribution in [-0.4, -0.2) is 36.1 Å². The number of carbonyl (C=O) groups excluding carboxylic acids is 2. The molecule has 0 aromatic heterocycles. The molecule has 114 valence electrons. The van der Waals surface area contributed by atoms with E-state index < -0.39 is 23.9 Å². The molecule has 0 aliphatic heterocycles. The standard InChI is InChI=1S/C14H18N2O5/c1-8-9(4-3-5-10(8)15)13(18)16-11(14(19)20)6-7-12(17)21-2/h3-5,11H,6-7,15H2,1-2H3,(H,16,18)(H,19,20)/t11-/m0/s1. The van der Waals surface area contributed by atoms with E-state index in [9.17, 15) is 14.4 Å². The summed E-state index contributed by atoms with van der Waals surface area (Å²) in [6, 6.07) is 3.65. The van der Waals surface area contributed by atoms with Crippen molar-refractivity contribution in [1.29, 1.82) is 0 Å². The van der Waals surface area contributed by atoms with Crippen molar-refractivity contribution in [2.75, 3.05) is 12.8 Å². The van der Waals surface area contributed by atoms with E-state index >= 15 is 0 Å². The molecule has 0 unspecified atom stereocenters. The number of benzene rings is 1. The summed E-state index contributed by atoms with van der Waals surface area (Å²) in [6.45, 7) is 1.68. The topological polar surface area (TPSA) is 119 Å². The fourth-order valence-corrected chi connectivity index (χ4v) is 1.76. The fraction of sp³-hybridized carbons (Fsp3) is 0.357. The highest BCUT2D eigenvalue weighted by Crippen LogP contribution is 2.15. The summed E-state index contributed by atoms with van der Waals surface area (Å²) >= 11 is 0. The first kappa shape index (κ1) is 16.5. The molecule has 21 heavy (non-hydrogen) atoms. The molecule has 1 rings (SSSR count). The zero-order valence-corrected chi connectivity index (χ0v) is 11.9. The predicted molar refractivity (Wildman–Crippen MR) is 75.7 cm³/mol. The van der Waals surface area contributed by atoms with Crippen LogP contribution in [0.15, 0.2) is 18.2 Å².